The van der Waals surface area contributed by atoms with Gasteiger partial charge in [-0.3, -0.25) is 4.79 Å². The smallest absolute Gasteiger partial charge is 0.224 e. The van der Waals surface area contributed by atoms with E-state index in [0.29, 0.717) is 18.5 Å². The van der Waals surface area contributed by atoms with Gasteiger partial charge in [0.2, 0.25) is 5.91 Å². The number of nitrogen functional groups attached to an aromatic ring is 1. The molecular weight excluding hydrogens is 250 g/mol. The van der Waals surface area contributed by atoms with Crippen molar-refractivity contribution in [2.24, 2.45) is 0 Å². The van der Waals surface area contributed by atoms with Gasteiger partial charge in [0.05, 0.1) is 6.42 Å². The molecule has 0 aliphatic carbocycles. The largest absolute Gasteiger partial charge is 0.399 e. The zero-order valence-electron chi connectivity index (χ0n) is 12.4. The summed E-state index contributed by atoms with van der Waals surface area (Å²) in [7, 11) is 0. The van der Waals surface area contributed by atoms with Crippen molar-refractivity contribution in [3.8, 4) is 0 Å². The van der Waals surface area contributed by atoms with Crippen LogP contribution in [-0.2, 0) is 11.2 Å². The van der Waals surface area contributed by atoms with Crippen molar-refractivity contribution in [2.75, 3.05) is 18.8 Å². The number of amides is 1. The highest BCUT2D eigenvalue weighted by Gasteiger charge is 2.21. The van der Waals surface area contributed by atoms with Crippen LogP contribution < -0.4 is 11.1 Å². The van der Waals surface area contributed by atoms with Gasteiger partial charge >= 0.3 is 0 Å². The van der Waals surface area contributed by atoms with Gasteiger partial charge < -0.3 is 16.0 Å². The molecule has 0 saturated carbocycles. The second-order valence-electron chi connectivity index (χ2n) is 5.89. The third-order valence-electron chi connectivity index (χ3n) is 3.97. The number of likely N-dealkylation sites (tertiary alicyclic amines) is 1. The second-order valence-corrected chi connectivity index (χ2v) is 5.89. The zero-order valence-corrected chi connectivity index (χ0v) is 12.4. The molecule has 4 heteroatoms. The molecule has 2 rings (SSSR count). The van der Waals surface area contributed by atoms with Crippen molar-refractivity contribution in [1.29, 1.82) is 0 Å². The Morgan fingerprint density at radius 3 is 2.45 bits per heavy atom. The highest BCUT2D eigenvalue weighted by Crippen LogP contribution is 2.13. The predicted octanol–water partition coefficient (Wildman–Crippen LogP) is 1.80. The first-order valence-corrected chi connectivity index (χ1v) is 7.42. The fourth-order valence-electron chi connectivity index (χ4n) is 2.66. The van der Waals surface area contributed by atoms with Crippen LogP contribution in [0.25, 0.3) is 0 Å². The molecule has 20 heavy (non-hydrogen) atoms. The summed E-state index contributed by atoms with van der Waals surface area (Å²) in [5.41, 5.74) is 7.38. The summed E-state index contributed by atoms with van der Waals surface area (Å²) in [6, 6.07) is 8.42. The molecule has 1 fully saturated rings. The minimum atomic E-state index is 0.109. The van der Waals surface area contributed by atoms with E-state index in [4.69, 9.17) is 5.73 Å². The van der Waals surface area contributed by atoms with E-state index in [1.165, 1.54) is 0 Å². The third-order valence-corrected chi connectivity index (χ3v) is 3.97. The average molecular weight is 275 g/mol. The lowest BCUT2D eigenvalue weighted by Crippen LogP contribution is -2.46. The molecule has 1 aromatic rings. The van der Waals surface area contributed by atoms with Gasteiger partial charge in [-0.25, -0.2) is 0 Å². The van der Waals surface area contributed by atoms with Gasteiger partial charge in [0.1, 0.15) is 0 Å². The Hall–Kier alpha value is -1.55. The lowest BCUT2D eigenvalue weighted by molar-refractivity contribution is -0.121. The minimum absolute atomic E-state index is 0.109. The summed E-state index contributed by atoms with van der Waals surface area (Å²) in [4.78, 5) is 14.5. The molecule has 1 heterocycles. The highest BCUT2D eigenvalue weighted by molar-refractivity contribution is 5.79. The first kappa shape index (κ1) is 14.9. The summed E-state index contributed by atoms with van der Waals surface area (Å²) in [5.74, 6) is 0.109. The number of nitrogens with two attached hydrogens (primary N) is 1. The minimum Gasteiger partial charge on any atom is -0.399 e. The summed E-state index contributed by atoms with van der Waals surface area (Å²) < 4.78 is 0. The molecule has 0 unspecified atom stereocenters. The maximum atomic E-state index is 12.0. The molecular formula is C16H25N3O. The van der Waals surface area contributed by atoms with Crippen LogP contribution in [0.3, 0.4) is 0 Å². The van der Waals surface area contributed by atoms with Crippen molar-refractivity contribution < 1.29 is 4.79 Å². The fraction of sp³-hybridized carbons (Fsp3) is 0.562. The molecule has 0 aromatic heterocycles. The Morgan fingerprint density at radius 2 is 1.90 bits per heavy atom. The van der Waals surface area contributed by atoms with Crippen molar-refractivity contribution in [1.82, 2.24) is 10.2 Å². The van der Waals surface area contributed by atoms with Crippen LogP contribution in [0.1, 0.15) is 32.3 Å². The number of hydrogen-bond acceptors (Lipinski definition) is 3. The van der Waals surface area contributed by atoms with Crippen LogP contribution in [0.5, 0.6) is 0 Å². The van der Waals surface area contributed by atoms with E-state index in [-0.39, 0.29) is 5.91 Å². The van der Waals surface area contributed by atoms with Gasteiger partial charge in [-0.05, 0) is 44.4 Å². The van der Waals surface area contributed by atoms with Crippen molar-refractivity contribution in [2.45, 2.75) is 45.2 Å². The van der Waals surface area contributed by atoms with Gasteiger partial charge in [-0.15, -0.1) is 0 Å². The van der Waals surface area contributed by atoms with E-state index >= 15 is 0 Å². The SMILES string of the molecule is CC(C)N1CCC(NC(=O)Cc2ccc(N)cc2)CC1. The van der Waals surface area contributed by atoms with E-state index in [1.54, 1.807) is 0 Å². The average Bonchev–Trinajstić information content (AvgIpc) is 2.42. The summed E-state index contributed by atoms with van der Waals surface area (Å²) in [6.45, 7) is 6.59. The first-order chi connectivity index (χ1) is 9.54. The Morgan fingerprint density at radius 1 is 1.30 bits per heavy atom. The van der Waals surface area contributed by atoms with Gasteiger partial charge in [-0.1, -0.05) is 12.1 Å². The number of hydrogen-bond donors (Lipinski definition) is 2. The molecule has 3 N–H and O–H groups in total. The Bertz CT molecular complexity index is 434. The summed E-state index contributed by atoms with van der Waals surface area (Å²) in [5, 5.41) is 3.14. The molecule has 1 aromatic carbocycles. The zero-order chi connectivity index (χ0) is 14.5. The fourth-order valence-corrected chi connectivity index (χ4v) is 2.66. The lowest BCUT2D eigenvalue weighted by Gasteiger charge is -2.34. The van der Waals surface area contributed by atoms with Crippen LogP contribution in [0, 0.1) is 0 Å². The Balaban J connectivity index is 1.77. The van der Waals surface area contributed by atoms with Crippen molar-refractivity contribution in [3.05, 3.63) is 29.8 Å². The molecule has 0 atom stereocenters. The maximum absolute atomic E-state index is 12.0. The van der Waals surface area contributed by atoms with Crippen LogP contribution in [-0.4, -0.2) is 36.0 Å². The Kier molecular flexibility index (Phi) is 5.01. The van der Waals surface area contributed by atoms with E-state index in [9.17, 15) is 4.79 Å². The predicted molar refractivity (Wildman–Crippen MR) is 82.4 cm³/mol. The number of rotatable bonds is 4. The van der Waals surface area contributed by atoms with Crippen LogP contribution in [0.4, 0.5) is 5.69 Å². The quantitative estimate of drug-likeness (QED) is 0.824. The number of carbonyl (C=O) groups excluding carboxylic acids is 1. The molecule has 1 saturated heterocycles. The van der Waals surface area contributed by atoms with Gasteiger partial charge in [0.25, 0.3) is 0 Å². The molecule has 0 radical (unpaired) electrons. The van der Waals surface area contributed by atoms with Gasteiger partial charge in [0, 0.05) is 30.9 Å². The molecule has 110 valence electrons. The topological polar surface area (TPSA) is 58.4 Å². The van der Waals surface area contributed by atoms with E-state index in [0.717, 1.165) is 37.2 Å². The number of carbonyl (C=O) groups is 1. The molecule has 0 bridgehead atoms. The first-order valence-electron chi connectivity index (χ1n) is 7.42. The van der Waals surface area contributed by atoms with E-state index in [2.05, 4.69) is 24.1 Å². The van der Waals surface area contributed by atoms with Crippen LogP contribution in [0.2, 0.25) is 0 Å². The summed E-state index contributed by atoms with van der Waals surface area (Å²) in [6.07, 6.45) is 2.53. The number of benzene rings is 1. The van der Waals surface area contributed by atoms with Crippen molar-refractivity contribution in [3.63, 3.8) is 0 Å². The highest BCUT2D eigenvalue weighted by atomic mass is 16.1. The lowest BCUT2D eigenvalue weighted by atomic mass is 10.0. The standard InChI is InChI=1S/C16H25N3O/c1-12(2)19-9-7-15(8-10-19)18-16(20)11-13-3-5-14(17)6-4-13/h3-6,12,15H,7-11,17H2,1-2H3,(H,18,20). The van der Waals surface area contributed by atoms with Gasteiger partial charge in [0.15, 0.2) is 0 Å². The van der Waals surface area contributed by atoms with E-state index < -0.39 is 0 Å². The molecule has 1 aliphatic heterocycles. The summed E-state index contributed by atoms with van der Waals surface area (Å²) >= 11 is 0. The van der Waals surface area contributed by atoms with Crippen LogP contribution >= 0.6 is 0 Å². The normalized spacial score (nSPS) is 17.4. The number of anilines is 1. The van der Waals surface area contributed by atoms with Crippen LogP contribution in [0.15, 0.2) is 24.3 Å². The number of piperidine rings is 1. The number of nitrogens with zero attached hydrogens (tertiary/aromatic N) is 1. The van der Waals surface area contributed by atoms with Crippen molar-refractivity contribution >= 4 is 11.6 Å². The molecule has 1 aliphatic rings. The maximum Gasteiger partial charge on any atom is 0.224 e. The van der Waals surface area contributed by atoms with Gasteiger partial charge in [-0.2, -0.15) is 0 Å². The van der Waals surface area contributed by atoms with E-state index in [1.807, 2.05) is 24.3 Å². The molecule has 1 amide bonds. The third kappa shape index (κ3) is 4.23. The molecule has 4 nitrogen and oxygen atoms in total. The second kappa shape index (κ2) is 6.75. The monoisotopic (exact) mass is 275 g/mol. The Labute approximate surface area is 121 Å². The molecule has 0 spiro atoms. The number of nitrogens with one attached hydrogen (secondary N) is 1.